The number of methoxy groups -OCH3 is 1. The van der Waals surface area contributed by atoms with Gasteiger partial charge in [-0.2, -0.15) is 8.68 Å². The topological polar surface area (TPSA) is 75.6 Å². The average Bonchev–Trinajstić information content (AvgIpc) is 3.03. The van der Waals surface area contributed by atoms with Gasteiger partial charge in [0.25, 0.3) is 0 Å². The van der Waals surface area contributed by atoms with Crippen molar-refractivity contribution in [2.45, 2.75) is 25.3 Å². The lowest BCUT2D eigenvalue weighted by atomic mass is 10.2. The molecule has 0 atom stereocenters. The summed E-state index contributed by atoms with van der Waals surface area (Å²) in [5, 5.41) is 0.815. The number of anilines is 1. The smallest absolute Gasteiger partial charge is 0.243 e. The number of aryl methyl sites for hydroxylation is 2. The molecule has 25 heavy (non-hydrogen) atoms. The van der Waals surface area contributed by atoms with E-state index in [1.54, 1.807) is 17.5 Å². The van der Waals surface area contributed by atoms with Crippen LogP contribution >= 0.6 is 11.5 Å². The first-order chi connectivity index (χ1) is 11.9. The van der Waals surface area contributed by atoms with Gasteiger partial charge in [0.15, 0.2) is 5.82 Å². The molecular weight excluding hydrogens is 360 g/mol. The predicted octanol–water partition coefficient (Wildman–Crippen LogP) is 1.81. The van der Waals surface area contributed by atoms with Gasteiger partial charge in [-0.1, -0.05) is 17.7 Å². The molecule has 9 heteroatoms. The third kappa shape index (κ3) is 3.84. The minimum absolute atomic E-state index is 0.386. The third-order valence-electron chi connectivity index (χ3n) is 4.19. The maximum absolute atomic E-state index is 12.9. The maximum Gasteiger partial charge on any atom is 0.243 e. The molecule has 7 nitrogen and oxygen atoms in total. The van der Waals surface area contributed by atoms with Crippen LogP contribution < -0.4 is 4.90 Å². The Morgan fingerprint density at radius 3 is 2.56 bits per heavy atom. The van der Waals surface area contributed by atoms with Crippen molar-refractivity contribution in [3.8, 4) is 0 Å². The molecule has 1 aliphatic rings. The highest BCUT2D eigenvalue weighted by atomic mass is 32.2. The first-order valence-corrected chi connectivity index (χ1v) is 10.3. The zero-order valence-electron chi connectivity index (χ0n) is 14.6. The highest BCUT2D eigenvalue weighted by Crippen LogP contribution is 2.24. The molecule has 0 spiro atoms. The zero-order valence-corrected chi connectivity index (χ0v) is 16.2. The van der Waals surface area contributed by atoms with E-state index in [1.807, 2.05) is 26.0 Å². The van der Waals surface area contributed by atoms with Gasteiger partial charge < -0.3 is 9.64 Å². The fourth-order valence-electron chi connectivity index (χ4n) is 2.91. The number of sulfonamides is 1. The van der Waals surface area contributed by atoms with Crippen LogP contribution in [0.25, 0.3) is 0 Å². The average molecular weight is 383 g/mol. The van der Waals surface area contributed by atoms with Crippen LogP contribution in [0.4, 0.5) is 5.13 Å². The quantitative estimate of drug-likeness (QED) is 0.785. The lowest BCUT2D eigenvalue weighted by Crippen LogP contribution is -2.48. The minimum atomic E-state index is -3.46. The molecule has 1 aromatic carbocycles. The lowest BCUT2D eigenvalue weighted by Gasteiger charge is -2.33. The van der Waals surface area contributed by atoms with Gasteiger partial charge in [-0.3, -0.25) is 0 Å². The van der Waals surface area contributed by atoms with Crippen molar-refractivity contribution in [2.75, 3.05) is 38.2 Å². The number of nitrogens with zero attached hydrogens (tertiary/aromatic N) is 4. The molecule has 0 radical (unpaired) electrons. The van der Waals surface area contributed by atoms with E-state index in [0.29, 0.717) is 43.5 Å². The number of benzene rings is 1. The Kier molecular flexibility index (Phi) is 5.38. The van der Waals surface area contributed by atoms with Gasteiger partial charge in [0, 0.05) is 44.8 Å². The summed E-state index contributed by atoms with van der Waals surface area (Å²) in [4.78, 5) is 6.90. The predicted molar refractivity (Wildman–Crippen MR) is 97.5 cm³/mol. The number of hydrogen-bond donors (Lipinski definition) is 0. The van der Waals surface area contributed by atoms with E-state index < -0.39 is 10.0 Å². The lowest BCUT2D eigenvalue weighted by molar-refractivity contribution is 0.179. The number of aromatic nitrogens is 2. The second-order valence-electron chi connectivity index (χ2n) is 6.09. The molecule has 0 N–H and O–H groups in total. The van der Waals surface area contributed by atoms with Crippen LogP contribution in [-0.4, -0.2) is 55.4 Å². The summed E-state index contributed by atoms with van der Waals surface area (Å²) in [7, 11) is -1.86. The molecule has 0 amide bonds. The zero-order chi connectivity index (χ0) is 18.0. The van der Waals surface area contributed by atoms with Crippen LogP contribution in [0.5, 0.6) is 0 Å². The van der Waals surface area contributed by atoms with Crippen LogP contribution in [0, 0.1) is 13.8 Å². The van der Waals surface area contributed by atoms with Crippen molar-refractivity contribution in [1.29, 1.82) is 0 Å². The summed E-state index contributed by atoms with van der Waals surface area (Å²) in [5.41, 5.74) is 1.85. The largest absolute Gasteiger partial charge is 0.377 e. The van der Waals surface area contributed by atoms with Crippen molar-refractivity contribution < 1.29 is 13.2 Å². The van der Waals surface area contributed by atoms with Gasteiger partial charge in [0.2, 0.25) is 15.2 Å². The monoisotopic (exact) mass is 382 g/mol. The molecule has 1 aliphatic heterocycles. The van der Waals surface area contributed by atoms with Gasteiger partial charge in [0.05, 0.1) is 4.90 Å². The summed E-state index contributed by atoms with van der Waals surface area (Å²) in [6, 6.07) is 5.45. The van der Waals surface area contributed by atoms with E-state index in [0.717, 1.165) is 16.3 Å². The van der Waals surface area contributed by atoms with Crippen molar-refractivity contribution in [3.63, 3.8) is 0 Å². The van der Waals surface area contributed by atoms with Gasteiger partial charge >= 0.3 is 0 Å². The van der Waals surface area contributed by atoms with Crippen LogP contribution in [0.15, 0.2) is 23.1 Å². The van der Waals surface area contributed by atoms with Crippen LogP contribution in [0.1, 0.15) is 17.0 Å². The van der Waals surface area contributed by atoms with Crippen molar-refractivity contribution >= 4 is 26.7 Å². The van der Waals surface area contributed by atoms with Crippen molar-refractivity contribution in [1.82, 2.24) is 13.7 Å². The molecule has 1 aromatic heterocycles. The standard InChI is InChI=1S/C16H22N4O3S2/c1-12-4-5-14(13(2)10-12)25(21,22)20-8-6-19(7-9-20)16-17-15(11-23-3)18-24-16/h4-5,10H,6-9,11H2,1-3H3. The van der Waals surface area contributed by atoms with E-state index in [-0.39, 0.29) is 0 Å². The minimum Gasteiger partial charge on any atom is -0.377 e. The number of rotatable bonds is 5. The van der Waals surface area contributed by atoms with Crippen molar-refractivity contribution in [2.24, 2.45) is 0 Å². The van der Waals surface area contributed by atoms with Crippen molar-refractivity contribution in [3.05, 3.63) is 35.2 Å². The first kappa shape index (κ1) is 18.2. The Morgan fingerprint density at radius 2 is 1.92 bits per heavy atom. The molecule has 0 saturated carbocycles. The Balaban J connectivity index is 1.70. The number of hydrogen-bond acceptors (Lipinski definition) is 7. The summed E-state index contributed by atoms with van der Waals surface area (Å²) in [5.74, 6) is 0.660. The highest BCUT2D eigenvalue weighted by molar-refractivity contribution is 7.89. The fourth-order valence-corrected chi connectivity index (χ4v) is 5.26. The van der Waals surface area contributed by atoms with Crippen LogP contribution in [0.3, 0.4) is 0 Å². The fraction of sp³-hybridized carbons (Fsp3) is 0.500. The van der Waals surface area contributed by atoms with E-state index in [4.69, 9.17) is 4.74 Å². The number of piperazine rings is 1. The first-order valence-electron chi connectivity index (χ1n) is 8.05. The Hall–Kier alpha value is -1.55. The van der Waals surface area contributed by atoms with E-state index in [1.165, 1.54) is 11.5 Å². The van der Waals surface area contributed by atoms with Crippen LogP contribution in [-0.2, 0) is 21.4 Å². The number of ether oxygens (including phenoxy) is 1. The molecule has 2 aromatic rings. The van der Waals surface area contributed by atoms with Gasteiger partial charge in [-0.25, -0.2) is 13.4 Å². The summed E-state index contributed by atoms with van der Waals surface area (Å²) in [6.45, 7) is 6.27. The molecule has 1 fully saturated rings. The van der Waals surface area contributed by atoms with E-state index >= 15 is 0 Å². The second kappa shape index (κ2) is 7.36. The molecule has 136 valence electrons. The SMILES string of the molecule is COCc1nsc(N2CCN(S(=O)(=O)c3ccc(C)cc3C)CC2)n1. The van der Waals surface area contributed by atoms with Gasteiger partial charge in [-0.15, -0.1) is 0 Å². The maximum atomic E-state index is 12.9. The van der Waals surface area contributed by atoms with E-state index in [9.17, 15) is 8.42 Å². The van der Waals surface area contributed by atoms with Gasteiger partial charge in [-0.05, 0) is 25.5 Å². The molecule has 0 aliphatic carbocycles. The normalized spacial score (nSPS) is 16.4. The molecular formula is C16H22N4O3S2. The highest BCUT2D eigenvalue weighted by Gasteiger charge is 2.30. The van der Waals surface area contributed by atoms with E-state index in [2.05, 4.69) is 14.3 Å². The molecule has 0 bridgehead atoms. The Bertz CT molecular complexity index is 843. The molecule has 2 heterocycles. The second-order valence-corrected chi connectivity index (χ2v) is 8.72. The Labute approximate surface area is 152 Å². The summed E-state index contributed by atoms with van der Waals surface area (Å²) >= 11 is 1.32. The molecule has 1 saturated heterocycles. The van der Waals surface area contributed by atoms with Crippen LogP contribution in [0.2, 0.25) is 0 Å². The summed E-state index contributed by atoms with van der Waals surface area (Å²) < 4.78 is 36.7. The molecule has 3 rings (SSSR count). The van der Waals surface area contributed by atoms with Gasteiger partial charge in [0.1, 0.15) is 6.61 Å². The summed E-state index contributed by atoms with van der Waals surface area (Å²) in [6.07, 6.45) is 0. The third-order valence-corrected chi connectivity index (χ3v) is 7.06. The Morgan fingerprint density at radius 1 is 1.20 bits per heavy atom. The molecule has 0 unspecified atom stereocenters.